The normalized spacial score (nSPS) is 12.3. The van der Waals surface area contributed by atoms with E-state index in [0.717, 1.165) is 16.8 Å². The monoisotopic (exact) mass is 261 g/mol. The lowest BCUT2D eigenvalue weighted by molar-refractivity contribution is 0.175. The van der Waals surface area contributed by atoms with Crippen LogP contribution >= 0.6 is 11.6 Å². The molecule has 2 aromatic rings. The van der Waals surface area contributed by atoms with Gasteiger partial charge in [-0.3, -0.25) is 0 Å². The van der Waals surface area contributed by atoms with Crippen molar-refractivity contribution in [2.24, 2.45) is 0 Å². The van der Waals surface area contributed by atoms with Gasteiger partial charge in [-0.25, -0.2) is 0 Å². The van der Waals surface area contributed by atoms with Gasteiger partial charge in [-0.05, 0) is 48.2 Å². The molecule has 1 atom stereocenters. The number of nitrogens with two attached hydrogens (primary N) is 1. The smallest absolute Gasteiger partial charge is 0.0620 e. The van der Waals surface area contributed by atoms with Crippen molar-refractivity contribution in [1.82, 2.24) is 0 Å². The third kappa shape index (κ3) is 3.76. The summed E-state index contributed by atoms with van der Waals surface area (Å²) in [5, 5.41) is 10.8. The van der Waals surface area contributed by atoms with E-state index in [4.69, 9.17) is 17.3 Å². The second-order valence-corrected chi connectivity index (χ2v) is 4.87. The molecule has 0 saturated heterocycles. The lowest BCUT2D eigenvalue weighted by atomic mass is 10.0. The van der Waals surface area contributed by atoms with Crippen LogP contribution in [0.2, 0.25) is 5.02 Å². The van der Waals surface area contributed by atoms with Crippen LogP contribution in [0.1, 0.15) is 11.1 Å². The lowest BCUT2D eigenvalue weighted by Gasteiger charge is -2.11. The molecule has 0 aliphatic carbocycles. The topological polar surface area (TPSA) is 46.2 Å². The number of hydrogen-bond donors (Lipinski definition) is 2. The predicted molar refractivity (Wildman–Crippen MR) is 75.7 cm³/mol. The van der Waals surface area contributed by atoms with Crippen LogP contribution < -0.4 is 5.73 Å². The van der Waals surface area contributed by atoms with Gasteiger partial charge >= 0.3 is 0 Å². The number of nitrogen functional groups attached to an aromatic ring is 1. The molecule has 0 aromatic heterocycles. The highest BCUT2D eigenvalue weighted by Gasteiger charge is 2.07. The van der Waals surface area contributed by atoms with Gasteiger partial charge in [0.1, 0.15) is 0 Å². The molecule has 3 N–H and O–H groups in total. The summed E-state index contributed by atoms with van der Waals surface area (Å²) in [5.41, 5.74) is 8.52. The van der Waals surface area contributed by atoms with E-state index < -0.39 is 6.10 Å². The van der Waals surface area contributed by atoms with Crippen LogP contribution in [0, 0.1) is 0 Å². The van der Waals surface area contributed by atoms with E-state index in [0.29, 0.717) is 17.9 Å². The molecule has 0 saturated carbocycles. The Labute approximate surface area is 112 Å². The van der Waals surface area contributed by atoms with Crippen molar-refractivity contribution < 1.29 is 5.11 Å². The van der Waals surface area contributed by atoms with E-state index in [2.05, 4.69) is 0 Å². The SMILES string of the molecule is Nc1cccc(CC(O)Cc2cccc(Cl)c2)c1. The Kier molecular flexibility index (Phi) is 4.24. The quantitative estimate of drug-likeness (QED) is 0.831. The van der Waals surface area contributed by atoms with Gasteiger partial charge in [0.15, 0.2) is 0 Å². The maximum absolute atomic E-state index is 10.1. The number of aliphatic hydroxyl groups is 1. The minimum atomic E-state index is -0.426. The van der Waals surface area contributed by atoms with Gasteiger partial charge in [-0.2, -0.15) is 0 Å². The van der Waals surface area contributed by atoms with Gasteiger partial charge in [0.05, 0.1) is 6.10 Å². The molecule has 94 valence electrons. The van der Waals surface area contributed by atoms with E-state index >= 15 is 0 Å². The predicted octanol–water partition coefficient (Wildman–Crippen LogP) is 3.07. The summed E-state index contributed by atoms with van der Waals surface area (Å²) in [6.07, 6.45) is 0.762. The summed E-state index contributed by atoms with van der Waals surface area (Å²) >= 11 is 5.91. The van der Waals surface area contributed by atoms with Gasteiger partial charge in [-0.15, -0.1) is 0 Å². The van der Waals surface area contributed by atoms with Gasteiger partial charge in [0, 0.05) is 10.7 Å². The van der Waals surface area contributed by atoms with Crippen LogP contribution in [-0.2, 0) is 12.8 Å². The highest BCUT2D eigenvalue weighted by atomic mass is 35.5. The minimum absolute atomic E-state index is 0.426. The molecule has 0 radical (unpaired) electrons. The van der Waals surface area contributed by atoms with Crippen molar-refractivity contribution in [3.05, 3.63) is 64.7 Å². The zero-order valence-electron chi connectivity index (χ0n) is 10.0. The van der Waals surface area contributed by atoms with Crippen LogP contribution in [0.15, 0.2) is 48.5 Å². The number of rotatable bonds is 4. The van der Waals surface area contributed by atoms with E-state index in [1.807, 2.05) is 48.5 Å². The van der Waals surface area contributed by atoms with E-state index in [1.54, 1.807) is 0 Å². The molecule has 0 aliphatic heterocycles. The second-order valence-electron chi connectivity index (χ2n) is 4.44. The van der Waals surface area contributed by atoms with Crippen molar-refractivity contribution in [2.45, 2.75) is 18.9 Å². The molecule has 0 amide bonds. The fraction of sp³-hybridized carbons (Fsp3) is 0.200. The standard InChI is InChI=1S/C15H16ClNO/c16-13-5-1-3-11(7-13)9-15(18)10-12-4-2-6-14(17)8-12/h1-8,15,18H,9-10,17H2. The average Bonchev–Trinajstić information content (AvgIpc) is 2.28. The number of halogens is 1. The first-order valence-electron chi connectivity index (χ1n) is 5.90. The largest absolute Gasteiger partial charge is 0.399 e. The summed E-state index contributed by atoms with van der Waals surface area (Å²) in [6, 6.07) is 15.2. The zero-order chi connectivity index (χ0) is 13.0. The fourth-order valence-electron chi connectivity index (χ4n) is 2.00. The van der Waals surface area contributed by atoms with Crippen LogP contribution in [0.25, 0.3) is 0 Å². The number of benzene rings is 2. The van der Waals surface area contributed by atoms with Crippen LogP contribution in [-0.4, -0.2) is 11.2 Å². The molecule has 0 fully saturated rings. The Hall–Kier alpha value is -1.51. The van der Waals surface area contributed by atoms with Crippen molar-refractivity contribution in [3.8, 4) is 0 Å². The summed E-state index contributed by atoms with van der Waals surface area (Å²) < 4.78 is 0. The molecule has 0 spiro atoms. The number of anilines is 1. The van der Waals surface area contributed by atoms with E-state index in [-0.39, 0.29) is 0 Å². The maximum atomic E-state index is 10.1. The van der Waals surface area contributed by atoms with E-state index in [9.17, 15) is 5.11 Å². The lowest BCUT2D eigenvalue weighted by Crippen LogP contribution is -2.14. The Morgan fingerprint density at radius 1 is 1.00 bits per heavy atom. The molecule has 18 heavy (non-hydrogen) atoms. The van der Waals surface area contributed by atoms with Crippen molar-refractivity contribution in [1.29, 1.82) is 0 Å². The van der Waals surface area contributed by atoms with Crippen LogP contribution in [0.5, 0.6) is 0 Å². The molecule has 0 aliphatic rings. The Bertz CT molecular complexity index is 480. The molecule has 3 heteroatoms. The van der Waals surface area contributed by atoms with Gasteiger partial charge in [0.25, 0.3) is 0 Å². The van der Waals surface area contributed by atoms with Crippen LogP contribution in [0.4, 0.5) is 5.69 Å². The fourth-order valence-corrected chi connectivity index (χ4v) is 2.21. The van der Waals surface area contributed by atoms with Gasteiger partial charge in [-0.1, -0.05) is 35.9 Å². The first kappa shape index (κ1) is 12.9. The molecule has 2 nitrogen and oxygen atoms in total. The molecule has 2 rings (SSSR count). The Morgan fingerprint density at radius 3 is 2.22 bits per heavy atom. The molecule has 0 heterocycles. The van der Waals surface area contributed by atoms with Gasteiger partial charge < -0.3 is 10.8 Å². The molecule has 1 unspecified atom stereocenters. The maximum Gasteiger partial charge on any atom is 0.0620 e. The van der Waals surface area contributed by atoms with Crippen molar-refractivity contribution >= 4 is 17.3 Å². The first-order valence-corrected chi connectivity index (χ1v) is 6.28. The second kappa shape index (κ2) is 5.89. The molecule has 0 bridgehead atoms. The molecular weight excluding hydrogens is 246 g/mol. The molecular formula is C15H16ClNO. The van der Waals surface area contributed by atoms with E-state index in [1.165, 1.54) is 0 Å². The number of hydrogen-bond acceptors (Lipinski definition) is 2. The van der Waals surface area contributed by atoms with Gasteiger partial charge in [0.2, 0.25) is 0 Å². The third-order valence-corrected chi connectivity index (χ3v) is 3.02. The Morgan fingerprint density at radius 2 is 1.61 bits per heavy atom. The summed E-state index contributed by atoms with van der Waals surface area (Å²) in [7, 11) is 0. The minimum Gasteiger partial charge on any atom is -0.399 e. The third-order valence-electron chi connectivity index (χ3n) is 2.78. The summed E-state index contributed by atoms with van der Waals surface area (Å²) in [6.45, 7) is 0. The number of aliphatic hydroxyl groups excluding tert-OH is 1. The summed E-state index contributed by atoms with van der Waals surface area (Å²) in [5.74, 6) is 0. The van der Waals surface area contributed by atoms with Crippen molar-refractivity contribution in [2.75, 3.05) is 5.73 Å². The van der Waals surface area contributed by atoms with Crippen molar-refractivity contribution in [3.63, 3.8) is 0 Å². The average molecular weight is 262 g/mol. The van der Waals surface area contributed by atoms with Crippen LogP contribution in [0.3, 0.4) is 0 Å². The summed E-state index contributed by atoms with van der Waals surface area (Å²) in [4.78, 5) is 0. The highest BCUT2D eigenvalue weighted by Crippen LogP contribution is 2.15. The molecule has 2 aromatic carbocycles. The zero-order valence-corrected chi connectivity index (χ0v) is 10.8. The highest BCUT2D eigenvalue weighted by molar-refractivity contribution is 6.30. The Balaban J connectivity index is 1.98. The first-order chi connectivity index (χ1) is 8.63.